The van der Waals surface area contributed by atoms with Crippen molar-refractivity contribution in [2.75, 3.05) is 6.54 Å². The van der Waals surface area contributed by atoms with Crippen molar-refractivity contribution < 1.29 is 14.3 Å². The van der Waals surface area contributed by atoms with Gasteiger partial charge in [-0.1, -0.05) is 82.0 Å². The molecule has 7 heteroatoms. The number of benzene rings is 2. The molecule has 0 heterocycles. The second-order valence-corrected chi connectivity index (χ2v) is 9.07. The lowest BCUT2D eigenvalue weighted by Gasteiger charge is -2.06. The summed E-state index contributed by atoms with van der Waals surface area (Å²) < 4.78 is 5.75. The van der Waals surface area contributed by atoms with Crippen LogP contribution in [0.15, 0.2) is 53.6 Å². The zero-order valence-corrected chi connectivity index (χ0v) is 21.5. The van der Waals surface area contributed by atoms with E-state index >= 15 is 0 Å². The van der Waals surface area contributed by atoms with Crippen molar-refractivity contribution in [3.8, 4) is 5.75 Å². The number of nitrogens with one attached hydrogen (secondary N) is 2. The number of ether oxygens (including phenoxy) is 1. The number of halogens is 1. The third-order valence-corrected chi connectivity index (χ3v) is 5.81. The summed E-state index contributed by atoms with van der Waals surface area (Å²) in [7, 11) is 0. The van der Waals surface area contributed by atoms with Gasteiger partial charge in [0, 0.05) is 11.4 Å². The van der Waals surface area contributed by atoms with Crippen molar-refractivity contribution in [1.82, 2.24) is 10.7 Å². The van der Waals surface area contributed by atoms with E-state index in [9.17, 15) is 9.59 Å². The highest BCUT2D eigenvalue weighted by Crippen LogP contribution is 2.15. The molecule has 0 atom stereocenters. The van der Waals surface area contributed by atoms with E-state index in [0.29, 0.717) is 18.1 Å². The molecule has 0 aliphatic rings. The zero-order valence-electron chi connectivity index (χ0n) is 20.7. The van der Waals surface area contributed by atoms with Crippen LogP contribution < -0.4 is 15.5 Å². The molecule has 2 rings (SSSR count). The van der Waals surface area contributed by atoms with Gasteiger partial charge in [0.2, 0.25) is 5.91 Å². The lowest BCUT2D eigenvalue weighted by Crippen LogP contribution is -2.34. The van der Waals surface area contributed by atoms with Gasteiger partial charge in [-0.15, -0.1) is 0 Å². The van der Waals surface area contributed by atoms with Gasteiger partial charge < -0.3 is 10.1 Å². The molecule has 190 valence electrons. The molecule has 0 bridgehead atoms. The van der Waals surface area contributed by atoms with E-state index < -0.39 is 0 Å². The van der Waals surface area contributed by atoms with Crippen LogP contribution in [0.25, 0.3) is 0 Å². The predicted octanol–water partition coefficient (Wildman–Crippen LogP) is 6.41. The number of amides is 2. The number of nitrogens with zero attached hydrogens (tertiary/aromatic N) is 1. The fourth-order valence-corrected chi connectivity index (χ4v) is 3.61. The molecule has 2 amide bonds. The molecule has 0 radical (unpaired) electrons. The number of rotatable bonds is 17. The van der Waals surface area contributed by atoms with Gasteiger partial charge in [0.15, 0.2) is 0 Å². The van der Waals surface area contributed by atoms with Gasteiger partial charge in [-0.2, -0.15) is 5.10 Å². The standard InChI is InChI=1S/C28H38ClN3O3/c1-2-3-4-5-6-7-8-9-10-11-27(33)30-21-28(34)32-31-20-23-14-18-26(19-15-23)35-22-24-12-16-25(29)17-13-24/h12-20H,2-11,21-22H2,1H3,(H,30,33)(H,32,34)/b31-20+. The molecule has 6 nitrogen and oxygen atoms in total. The molecule has 0 saturated heterocycles. The van der Waals surface area contributed by atoms with Crippen LogP contribution in [0, 0.1) is 0 Å². The van der Waals surface area contributed by atoms with Gasteiger partial charge in [-0.25, -0.2) is 5.43 Å². The van der Waals surface area contributed by atoms with Crippen LogP contribution >= 0.6 is 11.6 Å². The number of unbranched alkanes of at least 4 members (excludes halogenated alkanes) is 8. The average Bonchev–Trinajstić information content (AvgIpc) is 2.87. The van der Waals surface area contributed by atoms with Crippen LogP contribution in [0.5, 0.6) is 5.75 Å². The third kappa shape index (κ3) is 13.6. The first-order valence-corrected chi connectivity index (χ1v) is 13.0. The minimum atomic E-state index is -0.357. The summed E-state index contributed by atoms with van der Waals surface area (Å²) in [6.45, 7) is 2.60. The second-order valence-electron chi connectivity index (χ2n) is 8.63. The molecular weight excluding hydrogens is 462 g/mol. The fraction of sp³-hybridized carbons (Fsp3) is 0.464. The monoisotopic (exact) mass is 499 g/mol. The van der Waals surface area contributed by atoms with Crippen LogP contribution in [0.4, 0.5) is 0 Å². The topological polar surface area (TPSA) is 79.8 Å². The molecule has 0 aliphatic heterocycles. The highest BCUT2D eigenvalue weighted by Gasteiger charge is 2.05. The Labute approximate surface area is 214 Å². The van der Waals surface area contributed by atoms with Gasteiger partial charge in [0.25, 0.3) is 5.91 Å². The summed E-state index contributed by atoms with van der Waals surface area (Å²) in [6.07, 6.45) is 12.9. The Bertz CT molecular complexity index is 899. The SMILES string of the molecule is CCCCCCCCCCCC(=O)NCC(=O)N/N=C/c1ccc(OCc2ccc(Cl)cc2)cc1. The zero-order chi connectivity index (χ0) is 25.1. The van der Waals surface area contributed by atoms with Crippen molar-refractivity contribution in [3.63, 3.8) is 0 Å². The van der Waals surface area contributed by atoms with Crippen molar-refractivity contribution in [2.45, 2.75) is 77.7 Å². The van der Waals surface area contributed by atoms with E-state index in [1.165, 1.54) is 44.9 Å². The van der Waals surface area contributed by atoms with E-state index in [0.717, 1.165) is 29.7 Å². The Morgan fingerprint density at radius 1 is 0.857 bits per heavy atom. The maximum atomic E-state index is 11.9. The summed E-state index contributed by atoms with van der Waals surface area (Å²) in [5.41, 5.74) is 4.28. The van der Waals surface area contributed by atoms with Gasteiger partial charge >= 0.3 is 0 Å². The lowest BCUT2D eigenvalue weighted by atomic mass is 10.1. The van der Waals surface area contributed by atoms with Crippen molar-refractivity contribution in [2.24, 2.45) is 5.10 Å². The maximum absolute atomic E-state index is 11.9. The number of hydrogen-bond acceptors (Lipinski definition) is 4. The molecule has 2 aromatic rings. The van der Waals surface area contributed by atoms with Crippen molar-refractivity contribution in [1.29, 1.82) is 0 Å². The minimum Gasteiger partial charge on any atom is -0.489 e. The van der Waals surface area contributed by atoms with E-state index in [2.05, 4.69) is 22.8 Å². The maximum Gasteiger partial charge on any atom is 0.259 e. The molecule has 0 unspecified atom stereocenters. The van der Waals surface area contributed by atoms with Crippen molar-refractivity contribution in [3.05, 3.63) is 64.7 Å². The van der Waals surface area contributed by atoms with Crippen LogP contribution in [-0.2, 0) is 16.2 Å². The van der Waals surface area contributed by atoms with E-state index in [-0.39, 0.29) is 18.4 Å². The Balaban J connectivity index is 1.53. The van der Waals surface area contributed by atoms with Crippen LogP contribution in [0.3, 0.4) is 0 Å². The van der Waals surface area contributed by atoms with Crippen LogP contribution in [0.2, 0.25) is 5.02 Å². The number of hydrogen-bond donors (Lipinski definition) is 2. The molecule has 2 aromatic carbocycles. The first-order valence-electron chi connectivity index (χ1n) is 12.6. The van der Waals surface area contributed by atoms with Gasteiger partial charge in [-0.05, 0) is 53.9 Å². The first-order chi connectivity index (χ1) is 17.1. The van der Waals surface area contributed by atoms with Crippen LogP contribution in [0.1, 0.15) is 82.3 Å². The number of hydrazone groups is 1. The molecule has 0 aromatic heterocycles. The molecule has 0 spiro atoms. The Morgan fingerprint density at radius 2 is 1.49 bits per heavy atom. The van der Waals surface area contributed by atoms with Crippen LogP contribution in [-0.4, -0.2) is 24.6 Å². The Hall–Kier alpha value is -2.86. The summed E-state index contributed by atoms with van der Waals surface area (Å²) in [5.74, 6) is 0.279. The number of carbonyl (C=O) groups excluding carboxylic acids is 2. The van der Waals surface area contributed by atoms with Gasteiger partial charge in [-0.3, -0.25) is 9.59 Å². The smallest absolute Gasteiger partial charge is 0.259 e. The predicted molar refractivity (Wildman–Crippen MR) is 143 cm³/mol. The molecular formula is C28H38ClN3O3. The largest absolute Gasteiger partial charge is 0.489 e. The third-order valence-electron chi connectivity index (χ3n) is 5.56. The summed E-state index contributed by atoms with van der Waals surface area (Å²) in [4.78, 5) is 23.8. The quantitative estimate of drug-likeness (QED) is 0.150. The molecule has 0 aliphatic carbocycles. The van der Waals surface area contributed by atoms with Gasteiger partial charge in [0.1, 0.15) is 12.4 Å². The highest BCUT2D eigenvalue weighted by atomic mass is 35.5. The summed E-state index contributed by atoms with van der Waals surface area (Å²) in [6, 6.07) is 14.9. The first kappa shape index (κ1) is 28.4. The van der Waals surface area contributed by atoms with E-state index in [4.69, 9.17) is 16.3 Å². The highest BCUT2D eigenvalue weighted by molar-refractivity contribution is 6.30. The average molecular weight is 500 g/mol. The molecule has 0 saturated carbocycles. The summed E-state index contributed by atoms with van der Waals surface area (Å²) in [5, 5.41) is 7.29. The fourth-order valence-electron chi connectivity index (χ4n) is 3.48. The molecule has 0 fully saturated rings. The van der Waals surface area contributed by atoms with E-state index in [1.54, 1.807) is 6.21 Å². The van der Waals surface area contributed by atoms with Crippen molar-refractivity contribution >= 4 is 29.6 Å². The lowest BCUT2D eigenvalue weighted by molar-refractivity contribution is -0.126. The van der Waals surface area contributed by atoms with E-state index in [1.807, 2.05) is 48.5 Å². The summed E-state index contributed by atoms with van der Waals surface area (Å²) >= 11 is 5.89. The Kier molecular flexibility index (Phi) is 14.2. The molecule has 35 heavy (non-hydrogen) atoms. The molecule has 2 N–H and O–H groups in total. The van der Waals surface area contributed by atoms with Gasteiger partial charge in [0.05, 0.1) is 12.8 Å². The number of carbonyl (C=O) groups is 2. The normalized spacial score (nSPS) is 10.9. The second kappa shape index (κ2) is 17.6. The minimum absolute atomic E-state index is 0.0783. The Morgan fingerprint density at radius 3 is 2.14 bits per heavy atom.